The fourth-order valence-corrected chi connectivity index (χ4v) is 3.21. The van der Waals surface area contributed by atoms with Crippen LogP contribution in [-0.4, -0.2) is 30.1 Å². The molecule has 1 N–H and O–H groups in total. The van der Waals surface area contributed by atoms with E-state index in [4.69, 9.17) is 0 Å². The normalized spacial score (nSPS) is 12.4. The van der Waals surface area contributed by atoms with Crippen molar-refractivity contribution in [3.63, 3.8) is 0 Å². The van der Waals surface area contributed by atoms with Crippen molar-refractivity contribution in [3.8, 4) is 11.3 Å². The van der Waals surface area contributed by atoms with Gasteiger partial charge >= 0.3 is 0 Å². The van der Waals surface area contributed by atoms with E-state index in [1.165, 1.54) is 6.33 Å². The maximum Gasteiger partial charge on any atom is 0.253 e. The fourth-order valence-electron chi connectivity index (χ4n) is 3.21. The first kappa shape index (κ1) is 17.9. The molecule has 4 aromatic rings. The first-order valence-electron chi connectivity index (χ1n) is 9.22. The van der Waals surface area contributed by atoms with E-state index in [1.54, 1.807) is 16.9 Å². The van der Waals surface area contributed by atoms with E-state index in [9.17, 15) is 4.79 Å². The van der Waals surface area contributed by atoms with Crippen LogP contribution in [0.3, 0.4) is 0 Å². The van der Waals surface area contributed by atoms with E-state index in [0.29, 0.717) is 5.56 Å². The van der Waals surface area contributed by atoms with Crippen LogP contribution in [0.1, 0.15) is 36.1 Å². The van der Waals surface area contributed by atoms with Crippen LogP contribution in [0.2, 0.25) is 0 Å². The highest BCUT2D eigenvalue weighted by Gasteiger charge is 2.23. The minimum atomic E-state index is -0.224. The zero-order chi connectivity index (χ0) is 19.7. The number of hydrogen-bond acceptors (Lipinski definition) is 4. The molecule has 0 unspecified atom stereocenters. The Labute approximate surface area is 163 Å². The van der Waals surface area contributed by atoms with E-state index in [1.807, 2.05) is 67.9 Å². The standard InChI is InChI=1S/C21H22N6O/c1-14(2)19(20-22-13-23-26(20)3)25-21(28)16-9-10-18-24-17(12-27(18)11-16)15-7-5-4-6-8-15/h4-14,19H,1-3H3,(H,25,28)/t19-/m1/s1. The molecule has 1 aromatic carbocycles. The molecule has 0 saturated heterocycles. The van der Waals surface area contributed by atoms with E-state index < -0.39 is 0 Å². The van der Waals surface area contributed by atoms with Crippen molar-refractivity contribution in [2.24, 2.45) is 13.0 Å². The first-order chi connectivity index (χ1) is 13.5. The summed E-state index contributed by atoms with van der Waals surface area (Å²) in [5.74, 6) is 0.755. The molecule has 0 saturated carbocycles. The highest BCUT2D eigenvalue weighted by Crippen LogP contribution is 2.21. The Morgan fingerprint density at radius 3 is 2.54 bits per heavy atom. The van der Waals surface area contributed by atoms with Crippen LogP contribution < -0.4 is 5.32 Å². The van der Waals surface area contributed by atoms with Crippen molar-refractivity contribution in [1.29, 1.82) is 0 Å². The number of nitrogens with one attached hydrogen (secondary N) is 1. The summed E-state index contributed by atoms with van der Waals surface area (Å²) in [6, 6.07) is 13.4. The number of amides is 1. The molecular formula is C21H22N6O. The molecule has 0 fully saturated rings. The van der Waals surface area contributed by atoms with Crippen molar-refractivity contribution in [2.75, 3.05) is 0 Å². The second-order valence-electron chi connectivity index (χ2n) is 7.11. The second-order valence-corrected chi connectivity index (χ2v) is 7.11. The number of aryl methyl sites for hydroxylation is 1. The van der Waals surface area contributed by atoms with Crippen LogP contribution in [-0.2, 0) is 7.05 Å². The van der Waals surface area contributed by atoms with Crippen LogP contribution in [0.25, 0.3) is 16.9 Å². The molecule has 0 bridgehead atoms. The summed E-state index contributed by atoms with van der Waals surface area (Å²) in [6.07, 6.45) is 5.24. The van der Waals surface area contributed by atoms with E-state index in [2.05, 4.69) is 20.4 Å². The summed E-state index contributed by atoms with van der Waals surface area (Å²) in [4.78, 5) is 21.8. The van der Waals surface area contributed by atoms with Gasteiger partial charge in [-0.1, -0.05) is 44.2 Å². The number of hydrogen-bond donors (Lipinski definition) is 1. The summed E-state index contributed by atoms with van der Waals surface area (Å²) < 4.78 is 3.57. The van der Waals surface area contributed by atoms with Gasteiger partial charge in [0.15, 0.2) is 0 Å². The smallest absolute Gasteiger partial charge is 0.253 e. The Morgan fingerprint density at radius 2 is 1.86 bits per heavy atom. The van der Waals surface area contributed by atoms with Crippen LogP contribution in [0.15, 0.2) is 61.2 Å². The monoisotopic (exact) mass is 374 g/mol. The lowest BCUT2D eigenvalue weighted by Gasteiger charge is -2.21. The largest absolute Gasteiger partial charge is 0.342 e. The summed E-state index contributed by atoms with van der Waals surface area (Å²) in [5, 5.41) is 7.20. The number of rotatable bonds is 5. The van der Waals surface area contributed by atoms with Gasteiger partial charge in [0.1, 0.15) is 17.8 Å². The molecule has 0 aliphatic carbocycles. The Bertz CT molecular complexity index is 1110. The second kappa shape index (κ2) is 7.26. The zero-order valence-corrected chi connectivity index (χ0v) is 16.1. The summed E-state index contributed by atoms with van der Waals surface area (Å²) in [5.41, 5.74) is 3.28. The molecule has 3 heterocycles. The van der Waals surface area contributed by atoms with E-state index in [0.717, 1.165) is 22.7 Å². The number of carbonyl (C=O) groups is 1. The molecule has 0 aliphatic rings. The van der Waals surface area contributed by atoms with Gasteiger partial charge in [-0.25, -0.2) is 9.97 Å². The number of imidazole rings is 1. The predicted octanol–water partition coefficient (Wildman–Crippen LogP) is 3.26. The molecule has 142 valence electrons. The van der Waals surface area contributed by atoms with Gasteiger partial charge in [-0.15, -0.1) is 0 Å². The number of nitrogens with zero attached hydrogens (tertiary/aromatic N) is 5. The van der Waals surface area contributed by atoms with E-state index in [-0.39, 0.29) is 17.9 Å². The topological polar surface area (TPSA) is 77.1 Å². The van der Waals surface area contributed by atoms with Gasteiger partial charge in [-0.3, -0.25) is 9.48 Å². The molecule has 7 nitrogen and oxygen atoms in total. The molecule has 7 heteroatoms. The van der Waals surface area contributed by atoms with Gasteiger partial charge < -0.3 is 9.72 Å². The maximum atomic E-state index is 12.9. The van der Waals surface area contributed by atoms with Gasteiger partial charge in [0.25, 0.3) is 5.91 Å². The fraction of sp³-hybridized carbons (Fsp3) is 0.238. The van der Waals surface area contributed by atoms with Crippen LogP contribution >= 0.6 is 0 Å². The highest BCUT2D eigenvalue weighted by molar-refractivity contribution is 5.94. The molecular weight excluding hydrogens is 352 g/mol. The highest BCUT2D eigenvalue weighted by atomic mass is 16.1. The van der Waals surface area contributed by atoms with Crippen molar-refractivity contribution < 1.29 is 4.79 Å². The predicted molar refractivity (Wildman–Crippen MR) is 107 cm³/mol. The number of pyridine rings is 1. The van der Waals surface area contributed by atoms with Crippen LogP contribution in [0, 0.1) is 5.92 Å². The van der Waals surface area contributed by atoms with Crippen LogP contribution in [0.4, 0.5) is 0 Å². The molecule has 0 aliphatic heterocycles. The number of benzene rings is 1. The lowest BCUT2D eigenvalue weighted by Crippen LogP contribution is -2.33. The lowest BCUT2D eigenvalue weighted by atomic mass is 10.0. The quantitative estimate of drug-likeness (QED) is 0.582. The third-order valence-corrected chi connectivity index (χ3v) is 4.76. The van der Waals surface area contributed by atoms with Gasteiger partial charge in [-0.05, 0) is 18.1 Å². The Morgan fingerprint density at radius 1 is 1.07 bits per heavy atom. The van der Waals surface area contributed by atoms with Crippen molar-refractivity contribution in [1.82, 2.24) is 29.5 Å². The number of aromatic nitrogens is 5. The summed E-state index contributed by atoms with van der Waals surface area (Å²) in [7, 11) is 1.83. The van der Waals surface area contributed by atoms with Crippen molar-refractivity contribution in [2.45, 2.75) is 19.9 Å². The van der Waals surface area contributed by atoms with Crippen molar-refractivity contribution in [3.05, 3.63) is 72.6 Å². The minimum Gasteiger partial charge on any atom is -0.342 e. The third-order valence-electron chi connectivity index (χ3n) is 4.76. The third kappa shape index (κ3) is 3.38. The molecule has 3 aromatic heterocycles. The first-order valence-corrected chi connectivity index (χ1v) is 9.22. The van der Waals surface area contributed by atoms with Gasteiger partial charge in [0, 0.05) is 25.0 Å². The van der Waals surface area contributed by atoms with Gasteiger partial charge in [-0.2, -0.15) is 5.10 Å². The van der Waals surface area contributed by atoms with E-state index >= 15 is 0 Å². The molecule has 4 rings (SSSR count). The number of carbonyl (C=O) groups excluding carboxylic acids is 1. The Hall–Kier alpha value is -3.48. The SMILES string of the molecule is CC(C)[C@@H](NC(=O)c1ccc2nc(-c3ccccc3)cn2c1)c1ncnn1C. The molecule has 28 heavy (non-hydrogen) atoms. The van der Waals surface area contributed by atoms with Gasteiger partial charge in [0.05, 0.1) is 17.3 Å². The molecule has 0 radical (unpaired) electrons. The zero-order valence-electron chi connectivity index (χ0n) is 16.1. The maximum absolute atomic E-state index is 12.9. The summed E-state index contributed by atoms with van der Waals surface area (Å²) in [6.45, 7) is 4.09. The summed E-state index contributed by atoms with van der Waals surface area (Å²) >= 11 is 0. The average molecular weight is 374 g/mol. The molecule has 1 atom stereocenters. The van der Waals surface area contributed by atoms with Crippen LogP contribution in [0.5, 0.6) is 0 Å². The number of fused-ring (bicyclic) bond motifs is 1. The Kier molecular flexibility index (Phi) is 4.65. The lowest BCUT2D eigenvalue weighted by molar-refractivity contribution is 0.0921. The van der Waals surface area contributed by atoms with Gasteiger partial charge in [0.2, 0.25) is 0 Å². The molecule has 0 spiro atoms. The van der Waals surface area contributed by atoms with Crippen molar-refractivity contribution >= 4 is 11.6 Å². The molecule has 1 amide bonds. The minimum absolute atomic E-state index is 0.154. The Balaban J connectivity index is 1.61. The average Bonchev–Trinajstić information content (AvgIpc) is 3.31.